The minimum Gasteiger partial charge on any atom is -0.486 e. The summed E-state index contributed by atoms with van der Waals surface area (Å²) in [6.07, 6.45) is 1.45. The summed E-state index contributed by atoms with van der Waals surface area (Å²) < 4.78 is 12.5. The first kappa shape index (κ1) is 19.2. The molecular weight excluding hydrogens is 418 g/mol. The number of fused-ring (bicyclic) bond motifs is 2. The SMILES string of the molecule is O=C(CSc1nc2[nH]ncc2c(=O)n1-c1ccccc1)Nc1ccc2c(c1)OCCO2. The molecule has 0 atom stereocenters. The van der Waals surface area contributed by atoms with E-state index in [1.54, 1.807) is 18.2 Å². The number of carbonyl (C=O) groups is 1. The number of anilines is 1. The Bertz CT molecular complexity index is 1320. The molecule has 4 aromatic rings. The summed E-state index contributed by atoms with van der Waals surface area (Å²) >= 11 is 1.17. The van der Waals surface area contributed by atoms with Crippen molar-refractivity contribution in [2.24, 2.45) is 0 Å². The number of nitrogens with zero attached hydrogens (tertiary/aromatic N) is 3. The average Bonchev–Trinajstić information content (AvgIpc) is 3.27. The van der Waals surface area contributed by atoms with Gasteiger partial charge < -0.3 is 14.8 Å². The number of nitrogens with one attached hydrogen (secondary N) is 2. The van der Waals surface area contributed by atoms with Gasteiger partial charge in [0.15, 0.2) is 22.3 Å². The molecular formula is C21H17N5O4S. The number of aromatic nitrogens is 4. The van der Waals surface area contributed by atoms with Crippen LogP contribution in [0, 0.1) is 0 Å². The zero-order valence-corrected chi connectivity index (χ0v) is 17.0. The van der Waals surface area contributed by atoms with Gasteiger partial charge in [0, 0.05) is 11.8 Å². The van der Waals surface area contributed by atoms with E-state index >= 15 is 0 Å². The van der Waals surface area contributed by atoms with E-state index in [1.807, 2.05) is 30.3 Å². The van der Waals surface area contributed by atoms with Gasteiger partial charge in [0.2, 0.25) is 5.91 Å². The summed E-state index contributed by atoms with van der Waals surface area (Å²) in [5, 5.41) is 10.2. The van der Waals surface area contributed by atoms with Crippen molar-refractivity contribution >= 4 is 34.4 Å². The maximum absolute atomic E-state index is 13.0. The molecule has 10 heteroatoms. The Kier molecular flexibility index (Phi) is 5.04. The van der Waals surface area contributed by atoms with Crippen molar-refractivity contribution in [1.29, 1.82) is 0 Å². The van der Waals surface area contributed by atoms with E-state index in [9.17, 15) is 9.59 Å². The molecule has 9 nitrogen and oxygen atoms in total. The third-order valence-corrected chi connectivity index (χ3v) is 5.56. The van der Waals surface area contributed by atoms with Crippen molar-refractivity contribution < 1.29 is 14.3 Å². The van der Waals surface area contributed by atoms with Crippen molar-refractivity contribution in [3.8, 4) is 17.2 Å². The van der Waals surface area contributed by atoms with Gasteiger partial charge in [0.05, 0.1) is 17.6 Å². The van der Waals surface area contributed by atoms with Crippen molar-refractivity contribution in [1.82, 2.24) is 19.7 Å². The number of thioether (sulfide) groups is 1. The molecule has 1 aliphatic rings. The summed E-state index contributed by atoms with van der Waals surface area (Å²) in [4.78, 5) is 30.1. The van der Waals surface area contributed by atoms with Crippen LogP contribution in [0.25, 0.3) is 16.7 Å². The van der Waals surface area contributed by atoms with Crippen LogP contribution in [0.5, 0.6) is 11.5 Å². The second-order valence-corrected chi connectivity index (χ2v) is 7.64. The Balaban J connectivity index is 1.38. The third-order valence-electron chi connectivity index (χ3n) is 4.62. The van der Waals surface area contributed by atoms with E-state index in [0.717, 1.165) is 0 Å². The van der Waals surface area contributed by atoms with E-state index in [1.165, 1.54) is 22.5 Å². The molecule has 0 aliphatic carbocycles. The molecule has 31 heavy (non-hydrogen) atoms. The largest absolute Gasteiger partial charge is 0.486 e. The van der Waals surface area contributed by atoms with Crippen LogP contribution in [-0.2, 0) is 4.79 Å². The van der Waals surface area contributed by atoms with Gasteiger partial charge in [-0.15, -0.1) is 0 Å². The molecule has 2 aromatic heterocycles. The van der Waals surface area contributed by atoms with Crippen molar-refractivity contribution in [3.63, 3.8) is 0 Å². The number of carbonyl (C=O) groups excluding carboxylic acids is 1. The Labute approximate surface area is 180 Å². The molecule has 0 radical (unpaired) electrons. The first-order valence-electron chi connectivity index (χ1n) is 9.53. The highest BCUT2D eigenvalue weighted by Gasteiger charge is 2.17. The summed E-state index contributed by atoms with van der Waals surface area (Å²) in [7, 11) is 0. The van der Waals surface area contributed by atoms with E-state index in [2.05, 4.69) is 20.5 Å². The first-order chi connectivity index (χ1) is 15.2. The quantitative estimate of drug-likeness (QED) is 0.366. The van der Waals surface area contributed by atoms with Crippen LogP contribution in [0.2, 0.25) is 0 Å². The van der Waals surface area contributed by atoms with Crippen molar-refractivity contribution in [2.75, 3.05) is 24.3 Å². The minimum atomic E-state index is -0.250. The summed E-state index contributed by atoms with van der Waals surface area (Å²) in [6, 6.07) is 14.4. The number of H-pyrrole nitrogens is 1. The second-order valence-electron chi connectivity index (χ2n) is 6.70. The van der Waals surface area contributed by atoms with Crippen LogP contribution in [0.15, 0.2) is 64.7 Å². The molecule has 1 aliphatic heterocycles. The zero-order chi connectivity index (χ0) is 21.2. The zero-order valence-electron chi connectivity index (χ0n) is 16.2. The minimum absolute atomic E-state index is 0.0629. The van der Waals surface area contributed by atoms with Crippen LogP contribution in [0.1, 0.15) is 0 Å². The summed E-state index contributed by atoms with van der Waals surface area (Å²) in [6.45, 7) is 0.977. The van der Waals surface area contributed by atoms with E-state index in [-0.39, 0.29) is 17.2 Å². The third kappa shape index (κ3) is 3.84. The van der Waals surface area contributed by atoms with Gasteiger partial charge in [-0.25, -0.2) is 4.98 Å². The maximum Gasteiger partial charge on any atom is 0.269 e. The van der Waals surface area contributed by atoms with Crippen molar-refractivity contribution in [3.05, 3.63) is 65.1 Å². The van der Waals surface area contributed by atoms with Gasteiger partial charge in [-0.3, -0.25) is 19.3 Å². The molecule has 0 fully saturated rings. The molecule has 5 rings (SSSR count). The van der Waals surface area contributed by atoms with E-state index in [4.69, 9.17) is 9.47 Å². The van der Waals surface area contributed by atoms with Crippen LogP contribution in [-0.4, -0.2) is 44.6 Å². The number of rotatable bonds is 5. The molecule has 0 bridgehead atoms. The van der Waals surface area contributed by atoms with Crippen LogP contribution >= 0.6 is 11.8 Å². The van der Waals surface area contributed by atoms with E-state index in [0.29, 0.717) is 52.3 Å². The van der Waals surface area contributed by atoms with Gasteiger partial charge in [-0.2, -0.15) is 5.10 Å². The highest BCUT2D eigenvalue weighted by molar-refractivity contribution is 7.99. The molecule has 3 heterocycles. The van der Waals surface area contributed by atoms with Gasteiger partial charge in [-0.05, 0) is 24.3 Å². The lowest BCUT2D eigenvalue weighted by atomic mass is 10.2. The molecule has 0 saturated carbocycles. The van der Waals surface area contributed by atoms with Gasteiger partial charge in [0.1, 0.15) is 18.6 Å². The summed E-state index contributed by atoms with van der Waals surface area (Å²) in [5.74, 6) is 1.08. The predicted octanol–water partition coefficient (Wildman–Crippen LogP) is 2.61. The fourth-order valence-corrected chi connectivity index (χ4v) is 4.03. The Morgan fingerprint density at radius 3 is 2.77 bits per heavy atom. The highest BCUT2D eigenvalue weighted by Crippen LogP contribution is 2.32. The van der Waals surface area contributed by atoms with Crippen LogP contribution in [0.4, 0.5) is 5.69 Å². The normalized spacial score (nSPS) is 12.6. The smallest absolute Gasteiger partial charge is 0.269 e. The lowest BCUT2D eigenvalue weighted by molar-refractivity contribution is -0.113. The number of aromatic amines is 1. The lowest BCUT2D eigenvalue weighted by Gasteiger charge is -2.19. The molecule has 2 aromatic carbocycles. The number of hydrogen-bond acceptors (Lipinski definition) is 7. The number of amides is 1. The standard InChI is InChI=1S/C21H17N5O4S/c27-18(23-13-6-7-16-17(10-13)30-9-8-29-16)12-31-21-24-19-15(11-22-25-19)20(28)26(21)14-4-2-1-3-5-14/h1-7,10-11H,8-9,12H2,(H,22,25)(H,23,27). The second kappa shape index (κ2) is 8.15. The lowest BCUT2D eigenvalue weighted by Crippen LogP contribution is -2.22. The number of ether oxygens (including phenoxy) is 2. The van der Waals surface area contributed by atoms with Crippen LogP contribution in [0.3, 0.4) is 0 Å². The van der Waals surface area contributed by atoms with Gasteiger partial charge in [-0.1, -0.05) is 30.0 Å². The maximum atomic E-state index is 13.0. The fourth-order valence-electron chi connectivity index (χ4n) is 3.22. The van der Waals surface area contributed by atoms with Crippen molar-refractivity contribution in [2.45, 2.75) is 5.16 Å². The molecule has 0 saturated heterocycles. The fraction of sp³-hybridized carbons (Fsp3) is 0.143. The Morgan fingerprint density at radius 2 is 1.94 bits per heavy atom. The topological polar surface area (TPSA) is 111 Å². The number of para-hydroxylation sites is 1. The monoisotopic (exact) mass is 435 g/mol. The highest BCUT2D eigenvalue weighted by atomic mass is 32.2. The number of benzene rings is 2. The van der Waals surface area contributed by atoms with E-state index < -0.39 is 0 Å². The molecule has 0 unspecified atom stereocenters. The first-order valence-corrected chi connectivity index (χ1v) is 10.5. The average molecular weight is 435 g/mol. The Morgan fingerprint density at radius 1 is 1.13 bits per heavy atom. The van der Waals surface area contributed by atoms with Gasteiger partial charge >= 0.3 is 0 Å². The molecule has 2 N–H and O–H groups in total. The molecule has 1 amide bonds. The number of hydrogen-bond donors (Lipinski definition) is 2. The Hall–Kier alpha value is -3.79. The predicted molar refractivity (Wildman–Crippen MR) is 116 cm³/mol. The summed E-state index contributed by atoms with van der Waals surface area (Å²) in [5.41, 5.74) is 1.40. The molecule has 156 valence electrons. The van der Waals surface area contributed by atoms with Gasteiger partial charge in [0.25, 0.3) is 5.56 Å². The molecule has 0 spiro atoms. The van der Waals surface area contributed by atoms with Crippen LogP contribution < -0.4 is 20.3 Å².